The van der Waals surface area contributed by atoms with Crippen molar-refractivity contribution < 1.29 is 9.59 Å². The number of nitrogens with zero attached hydrogens (tertiary/aromatic N) is 3. The van der Waals surface area contributed by atoms with Gasteiger partial charge in [-0.3, -0.25) is 19.2 Å². The van der Waals surface area contributed by atoms with Crippen LogP contribution >= 0.6 is 0 Å². The van der Waals surface area contributed by atoms with E-state index in [4.69, 9.17) is 5.73 Å². The summed E-state index contributed by atoms with van der Waals surface area (Å²) in [4.78, 5) is 25.9. The molecule has 2 aromatic rings. The first-order valence-electron chi connectivity index (χ1n) is 9.50. The average Bonchev–Trinajstić information content (AvgIpc) is 3.33. The van der Waals surface area contributed by atoms with Crippen LogP contribution in [0.15, 0.2) is 36.7 Å². The molecule has 3 N–H and O–H groups in total. The van der Waals surface area contributed by atoms with E-state index in [0.29, 0.717) is 24.7 Å². The van der Waals surface area contributed by atoms with Gasteiger partial charge in [-0.05, 0) is 43.6 Å². The normalized spacial score (nSPS) is 17.1. The van der Waals surface area contributed by atoms with Gasteiger partial charge in [0.1, 0.15) is 0 Å². The van der Waals surface area contributed by atoms with E-state index >= 15 is 0 Å². The second-order valence-corrected chi connectivity index (χ2v) is 6.92. The molecular weight excluding hydrogens is 342 g/mol. The van der Waals surface area contributed by atoms with Crippen molar-refractivity contribution in [3.8, 4) is 11.1 Å². The highest BCUT2D eigenvalue weighted by molar-refractivity contribution is 5.95. The Labute approximate surface area is 159 Å². The molecule has 0 aliphatic carbocycles. The Hall–Kier alpha value is -2.67. The van der Waals surface area contributed by atoms with Crippen LogP contribution in [0.25, 0.3) is 11.1 Å². The molecule has 0 spiro atoms. The Morgan fingerprint density at radius 2 is 2.19 bits per heavy atom. The number of hydrogen-bond donors (Lipinski definition) is 2. The lowest BCUT2D eigenvalue weighted by molar-refractivity contribution is -0.118. The predicted molar refractivity (Wildman–Crippen MR) is 104 cm³/mol. The molecule has 27 heavy (non-hydrogen) atoms. The predicted octanol–water partition coefficient (Wildman–Crippen LogP) is 1.64. The molecule has 0 bridgehead atoms. The Bertz CT molecular complexity index is 801. The lowest BCUT2D eigenvalue weighted by atomic mass is 10.1. The second-order valence-electron chi connectivity index (χ2n) is 6.92. The molecule has 3 rings (SSSR count). The van der Waals surface area contributed by atoms with E-state index in [1.54, 1.807) is 10.9 Å². The van der Waals surface area contributed by atoms with Gasteiger partial charge in [-0.1, -0.05) is 19.1 Å². The fourth-order valence-corrected chi connectivity index (χ4v) is 3.55. The minimum absolute atomic E-state index is 0.0547. The quantitative estimate of drug-likeness (QED) is 0.740. The minimum atomic E-state index is -0.352. The lowest BCUT2D eigenvalue weighted by Gasteiger charge is -2.22. The molecular formula is C20H27N5O2. The van der Waals surface area contributed by atoms with Crippen LogP contribution in [0.3, 0.4) is 0 Å². The van der Waals surface area contributed by atoms with Crippen molar-refractivity contribution in [3.63, 3.8) is 0 Å². The first-order chi connectivity index (χ1) is 13.1. The van der Waals surface area contributed by atoms with E-state index in [1.165, 1.54) is 6.42 Å². The third kappa shape index (κ3) is 4.95. The topological polar surface area (TPSA) is 93.2 Å². The molecule has 1 aliphatic rings. The third-order valence-corrected chi connectivity index (χ3v) is 5.08. The van der Waals surface area contributed by atoms with Gasteiger partial charge in [-0.15, -0.1) is 0 Å². The Morgan fingerprint density at radius 3 is 2.96 bits per heavy atom. The summed E-state index contributed by atoms with van der Waals surface area (Å²) in [6.07, 6.45) is 6.18. The number of hydrogen-bond acceptors (Lipinski definition) is 4. The van der Waals surface area contributed by atoms with Crippen molar-refractivity contribution in [2.24, 2.45) is 5.73 Å². The molecule has 1 atom stereocenters. The van der Waals surface area contributed by atoms with Gasteiger partial charge >= 0.3 is 0 Å². The highest BCUT2D eigenvalue weighted by Gasteiger charge is 2.23. The van der Waals surface area contributed by atoms with Crippen LogP contribution in [-0.2, 0) is 11.3 Å². The van der Waals surface area contributed by atoms with Gasteiger partial charge in [0.2, 0.25) is 5.91 Å². The van der Waals surface area contributed by atoms with E-state index in [1.807, 2.05) is 30.5 Å². The summed E-state index contributed by atoms with van der Waals surface area (Å²) in [5.74, 6) is -0.407. The monoisotopic (exact) mass is 369 g/mol. The van der Waals surface area contributed by atoms with E-state index in [9.17, 15) is 9.59 Å². The van der Waals surface area contributed by atoms with Crippen LogP contribution < -0.4 is 11.1 Å². The second kappa shape index (κ2) is 8.81. The average molecular weight is 369 g/mol. The van der Waals surface area contributed by atoms with Crippen LogP contribution in [0.5, 0.6) is 0 Å². The number of aryl methyl sites for hydroxylation is 1. The zero-order valence-corrected chi connectivity index (χ0v) is 15.7. The first-order valence-corrected chi connectivity index (χ1v) is 9.50. The maximum absolute atomic E-state index is 12.6. The summed E-state index contributed by atoms with van der Waals surface area (Å²) in [6.45, 7) is 5.43. The van der Waals surface area contributed by atoms with Crippen LogP contribution in [0.1, 0.15) is 36.5 Å². The zero-order chi connectivity index (χ0) is 19.2. The van der Waals surface area contributed by atoms with Crippen molar-refractivity contribution in [1.29, 1.82) is 0 Å². The molecule has 7 nitrogen and oxygen atoms in total. The Morgan fingerprint density at radius 1 is 1.33 bits per heavy atom. The summed E-state index contributed by atoms with van der Waals surface area (Å²) in [5, 5.41) is 7.32. The van der Waals surface area contributed by atoms with Gasteiger partial charge in [0.05, 0.1) is 6.20 Å². The van der Waals surface area contributed by atoms with Crippen LogP contribution in [0.2, 0.25) is 0 Å². The van der Waals surface area contributed by atoms with Crippen molar-refractivity contribution in [3.05, 3.63) is 42.2 Å². The Kier molecular flexibility index (Phi) is 6.24. The maximum atomic E-state index is 12.6. The summed E-state index contributed by atoms with van der Waals surface area (Å²) < 4.78 is 1.69. The number of carbonyl (C=O) groups excluding carboxylic acids is 2. The summed E-state index contributed by atoms with van der Waals surface area (Å²) >= 11 is 0. The maximum Gasteiger partial charge on any atom is 0.251 e. The highest BCUT2D eigenvalue weighted by atomic mass is 16.2. The van der Waals surface area contributed by atoms with Crippen LogP contribution in [0.4, 0.5) is 0 Å². The van der Waals surface area contributed by atoms with Gasteiger partial charge < -0.3 is 11.1 Å². The fourth-order valence-electron chi connectivity index (χ4n) is 3.55. The number of benzene rings is 1. The number of primary amides is 1. The number of amides is 2. The van der Waals surface area contributed by atoms with Crippen molar-refractivity contribution in [1.82, 2.24) is 20.0 Å². The molecule has 144 valence electrons. The van der Waals surface area contributed by atoms with Crippen molar-refractivity contribution in [2.45, 2.75) is 38.8 Å². The van der Waals surface area contributed by atoms with E-state index in [-0.39, 0.29) is 18.2 Å². The molecule has 0 radical (unpaired) electrons. The van der Waals surface area contributed by atoms with E-state index < -0.39 is 0 Å². The smallest absolute Gasteiger partial charge is 0.251 e. The number of rotatable bonds is 8. The Balaban J connectivity index is 1.63. The van der Waals surface area contributed by atoms with Crippen LogP contribution in [0, 0.1) is 0 Å². The highest BCUT2D eigenvalue weighted by Crippen LogP contribution is 2.20. The lowest BCUT2D eigenvalue weighted by Crippen LogP contribution is -2.40. The van der Waals surface area contributed by atoms with Gasteiger partial charge in [0.15, 0.2) is 0 Å². The van der Waals surface area contributed by atoms with Gasteiger partial charge in [0.25, 0.3) is 5.91 Å². The summed E-state index contributed by atoms with van der Waals surface area (Å²) in [5.41, 5.74) is 7.64. The third-order valence-electron chi connectivity index (χ3n) is 5.08. The number of nitrogens with one attached hydrogen (secondary N) is 1. The fraction of sp³-hybridized carbons (Fsp3) is 0.450. The summed E-state index contributed by atoms with van der Waals surface area (Å²) in [6, 6.07) is 7.95. The van der Waals surface area contributed by atoms with E-state index in [0.717, 1.165) is 30.6 Å². The first kappa shape index (κ1) is 19.1. The van der Waals surface area contributed by atoms with E-state index in [2.05, 4.69) is 22.2 Å². The van der Waals surface area contributed by atoms with Gasteiger partial charge in [-0.2, -0.15) is 5.10 Å². The summed E-state index contributed by atoms with van der Waals surface area (Å²) in [7, 11) is 0. The SMILES string of the molecule is CCN1CCCC1CNC(=O)c1cccc(-c2cnn(CCC(N)=O)c2)c1. The molecule has 0 saturated carbocycles. The minimum Gasteiger partial charge on any atom is -0.370 e. The number of aromatic nitrogens is 2. The standard InChI is InChI=1S/C20H27N5O2/c1-2-24-9-4-7-18(24)13-22-20(27)16-6-3-5-15(11-16)17-12-23-25(14-17)10-8-19(21)26/h3,5-6,11-12,14,18H,2,4,7-10,13H2,1H3,(H2,21,26)(H,22,27). The van der Waals surface area contributed by atoms with Crippen molar-refractivity contribution >= 4 is 11.8 Å². The zero-order valence-electron chi connectivity index (χ0n) is 15.7. The number of carbonyl (C=O) groups is 2. The molecule has 1 aliphatic heterocycles. The van der Waals surface area contributed by atoms with Crippen LogP contribution in [-0.4, -0.2) is 52.2 Å². The molecule has 1 saturated heterocycles. The largest absolute Gasteiger partial charge is 0.370 e. The molecule has 1 fully saturated rings. The number of likely N-dealkylation sites (tertiary alicyclic amines) is 1. The molecule has 2 amide bonds. The number of nitrogens with two attached hydrogens (primary N) is 1. The van der Waals surface area contributed by atoms with Crippen molar-refractivity contribution in [2.75, 3.05) is 19.6 Å². The number of likely N-dealkylation sites (N-methyl/N-ethyl adjacent to an activating group) is 1. The molecule has 1 aromatic heterocycles. The van der Waals surface area contributed by atoms with Gasteiger partial charge in [-0.25, -0.2) is 0 Å². The van der Waals surface area contributed by atoms with Gasteiger partial charge in [0, 0.05) is 42.9 Å². The molecule has 7 heteroatoms. The molecule has 1 aromatic carbocycles. The molecule has 2 heterocycles. The molecule has 1 unspecified atom stereocenters.